The summed E-state index contributed by atoms with van der Waals surface area (Å²) in [5, 5.41) is 15.0. The van der Waals surface area contributed by atoms with E-state index in [-0.39, 0.29) is 40.6 Å². The molecule has 0 aliphatic carbocycles. The number of benzene rings is 2. The zero-order valence-corrected chi connectivity index (χ0v) is 12.7. The van der Waals surface area contributed by atoms with Crippen LogP contribution in [0, 0.1) is 15.9 Å². The molecule has 24 heavy (non-hydrogen) atoms. The van der Waals surface area contributed by atoms with Crippen molar-refractivity contribution in [3.8, 4) is 17.1 Å². The standard InChI is InChI=1S/C15H9ClFN3O4/c16-10-3-6-13(12(7-10)20(21)22)23-8-14-18-15(19-24-14)9-1-4-11(17)5-2-9/h1-7H,8H2. The fourth-order valence-corrected chi connectivity index (χ4v) is 2.09. The lowest BCUT2D eigenvalue weighted by molar-refractivity contribution is -0.385. The van der Waals surface area contributed by atoms with Crippen molar-refractivity contribution >= 4 is 17.3 Å². The van der Waals surface area contributed by atoms with Crippen LogP contribution in [0.5, 0.6) is 5.75 Å². The number of nitro groups is 1. The molecule has 0 atom stereocenters. The van der Waals surface area contributed by atoms with Gasteiger partial charge < -0.3 is 9.26 Å². The first-order valence-electron chi connectivity index (χ1n) is 6.68. The van der Waals surface area contributed by atoms with E-state index >= 15 is 0 Å². The molecule has 0 aliphatic heterocycles. The van der Waals surface area contributed by atoms with Gasteiger partial charge in [-0.1, -0.05) is 16.8 Å². The third kappa shape index (κ3) is 3.49. The molecule has 0 spiro atoms. The second-order valence-corrected chi connectivity index (χ2v) is 5.11. The summed E-state index contributed by atoms with van der Waals surface area (Å²) in [6, 6.07) is 9.62. The summed E-state index contributed by atoms with van der Waals surface area (Å²) in [4.78, 5) is 14.5. The van der Waals surface area contributed by atoms with Gasteiger partial charge in [-0.25, -0.2) is 4.39 Å². The molecule has 0 N–H and O–H groups in total. The molecule has 0 unspecified atom stereocenters. The fourth-order valence-electron chi connectivity index (χ4n) is 1.92. The molecule has 0 amide bonds. The van der Waals surface area contributed by atoms with Gasteiger partial charge in [0.15, 0.2) is 12.4 Å². The van der Waals surface area contributed by atoms with Crippen molar-refractivity contribution in [2.24, 2.45) is 0 Å². The Hall–Kier alpha value is -3.00. The van der Waals surface area contributed by atoms with Gasteiger partial charge in [-0.2, -0.15) is 4.98 Å². The Morgan fingerprint density at radius 1 is 1.25 bits per heavy atom. The molecule has 0 saturated carbocycles. The second-order valence-electron chi connectivity index (χ2n) is 4.68. The summed E-state index contributed by atoms with van der Waals surface area (Å²) in [5.41, 5.74) is 0.310. The van der Waals surface area contributed by atoms with Gasteiger partial charge in [0.1, 0.15) is 5.82 Å². The Morgan fingerprint density at radius 2 is 2.00 bits per heavy atom. The van der Waals surface area contributed by atoms with Gasteiger partial charge >= 0.3 is 5.69 Å². The fraction of sp³-hybridized carbons (Fsp3) is 0.0667. The minimum atomic E-state index is -0.598. The van der Waals surface area contributed by atoms with Crippen LogP contribution >= 0.6 is 11.6 Å². The molecule has 2 aromatic carbocycles. The maximum Gasteiger partial charge on any atom is 0.312 e. The maximum absolute atomic E-state index is 12.9. The lowest BCUT2D eigenvalue weighted by Crippen LogP contribution is -1.99. The van der Waals surface area contributed by atoms with Crippen molar-refractivity contribution in [2.75, 3.05) is 0 Å². The Labute approximate surface area is 139 Å². The van der Waals surface area contributed by atoms with E-state index in [9.17, 15) is 14.5 Å². The van der Waals surface area contributed by atoms with Crippen LogP contribution in [0.2, 0.25) is 5.02 Å². The molecule has 3 rings (SSSR count). The SMILES string of the molecule is O=[N+]([O-])c1cc(Cl)ccc1OCc1nc(-c2ccc(F)cc2)no1. The van der Waals surface area contributed by atoms with E-state index in [0.29, 0.717) is 5.56 Å². The van der Waals surface area contributed by atoms with Gasteiger partial charge in [-0.15, -0.1) is 0 Å². The van der Waals surface area contributed by atoms with Crippen LogP contribution < -0.4 is 4.74 Å². The van der Waals surface area contributed by atoms with E-state index in [1.165, 1.54) is 42.5 Å². The molecule has 0 bridgehead atoms. The molecular weight excluding hydrogens is 341 g/mol. The smallest absolute Gasteiger partial charge is 0.312 e. The highest BCUT2D eigenvalue weighted by atomic mass is 35.5. The van der Waals surface area contributed by atoms with Crippen molar-refractivity contribution in [3.05, 3.63) is 69.3 Å². The van der Waals surface area contributed by atoms with Gasteiger partial charge in [-0.3, -0.25) is 10.1 Å². The number of rotatable bonds is 5. The lowest BCUT2D eigenvalue weighted by Gasteiger charge is -2.04. The normalized spacial score (nSPS) is 10.6. The number of nitrogens with zero attached hydrogens (tertiary/aromatic N) is 3. The maximum atomic E-state index is 12.9. The van der Waals surface area contributed by atoms with Crippen LogP contribution in [-0.4, -0.2) is 15.1 Å². The first kappa shape index (κ1) is 15.9. The molecule has 0 radical (unpaired) electrons. The highest BCUT2D eigenvalue weighted by molar-refractivity contribution is 6.30. The highest BCUT2D eigenvalue weighted by Crippen LogP contribution is 2.30. The van der Waals surface area contributed by atoms with Crippen molar-refractivity contribution in [3.63, 3.8) is 0 Å². The minimum absolute atomic E-state index is 0.0333. The molecule has 1 aromatic heterocycles. The van der Waals surface area contributed by atoms with Gasteiger partial charge in [0, 0.05) is 16.7 Å². The molecule has 122 valence electrons. The summed E-state index contributed by atoms with van der Waals surface area (Å²) >= 11 is 5.73. The predicted octanol–water partition coefficient (Wildman–Crippen LogP) is 4.02. The quantitative estimate of drug-likeness (QED) is 0.510. The third-order valence-corrected chi connectivity index (χ3v) is 3.27. The van der Waals surface area contributed by atoms with Crippen LogP contribution in [0.1, 0.15) is 5.89 Å². The largest absolute Gasteiger partial charge is 0.477 e. The summed E-state index contributed by atoms with van der Waals surface area (Å²) in [6.07, 6.45) is 0. The van der Waals surface area contributed by atoms with E-state index in [1.54, 1.807) is 0 Å². The van der Waals surface area contributed by atoms with Crippen LogP contribution in [-0.2, 0) is 6.61 Å². The first-order chi connectivity index (χ1) is 11.5. The van der Waals surface area contributed by atoms with Crippen LogP contribution in [0.3, 0.4) is 0 Å². The van der Waals surface area contributed by atoms with E-state index in [4.69, 9.17) is 20.9 Å². The number of ether oxygens (including phenoxy) is 1. The highest BCUT2D eigenvalue weighted by Gasteiger charge is 2.17. The summed E-state index contributed by atoms with van der Waals surface area (Å²) in [5.74, 6) is 0.0459. The van der Waals surface area contributed by atoms with E-state index in [1.807, 2.05) is 0 Å². The molecule has 3 aromatic rings. The molecule has 0 fully saturated rings. The topological polar surface area (TPSA) is 91.3 Å². The summed E-state index contributed by atoms with van der Waals surface area (Å²) in [6.45, 7) is -0.156. The molecular formula is C15H9ClFN3O4. The molecule has 0 saturated heterocycles. The molecule has 1 heterocycles. The van der Waals surface area contributed by atoms with E-state index in [2.05, 4.69) is 10.1 Å². The Bertz CT molecular complexity index is 883. The Balaban J connectivity index is 1.74. The predicted molar refractivity (Wildman–Crippen MR) is 82.1 cm³/mol. The van der Waals surface area contributed by atoms with Crippen LogP contribution in [0.25, 0.3) is 11.4 Å². The zero-order chi connectivity index (χ0) is 17.1. The van der Waals surface area contributed by atoms with Crippen LogP contribution in [0.15, 0.2) is 47.0 Å². The molecule has 9 heteroatoms. The Morgan fingerprint density at radius 3 is 2.71 bits per heavy atom. The van der Waals surface area contributed by atoms with Crippen molar-refractivity contribution in [1.29, 1.82) is 0 Å². The summed E-state index contributed by atoms with van der Waals surface area (Å²) in [7, 11) is 0. The van der Waals surface area contributed by atoms with Gasteiger partial charge in [0.2, 0.25) is 5.82 Å². The number of aromatic nitrogens is 2. The van der Waals surface area contributed by atoms with Gasteiger partial charge in [-0.05, 0) is 36.4 Å². The van der Waals surface area contributed by atoms with Crippen LogP contribution in [0.4, 0.5) is 10.1 Å². The average molecular weight is 350 g/mol. The van der Waals surface area contributed by atoms with Crippen molar-refractivity contribution < 1.29 is 18.6 Å². The van der Waals surface area contributed by atoms with E-state index in [0.717, 1.165) is 0 Å². The average Bonchev–Trinajstić information content (AvgIpc) is 3.03. The second kappa shape index (κ2) is 6.63. The first-order valence-corrected chi connectivity index (χ1v) is 7.06. The molecule has 7 nitrogen and oxygen atoms in total. The van der Waals surface area contributed by atoms with Gasteiger partial charge in [0.05, 0.1) is 4.92 Å². The molecule has 0 aliphatic rings. The van der Waals surface area contributed by atoms with Crippen molar-refractivity contribution in [1.82, 2.24) is 10.1 Å². The number of halogens is 2. The Kier molecular flexibility index (Phi) is 4.39. The van der Waals surface area contributed by atoms with Gasteiger partial charge in [0.25, 0.3) is 5.89 Å². The number of hydrogen-bond donors (Lipinski definition) is 0. The monoisotopic (exact) mass is 349 g/mol. The van der Waals surface area contributed by atoms with Crippen molar-refractivity contribution in [2.45, 2.75) is 6.61 Å². The summed E-state index contributed by atoms with van der Waals surface area (Å²) < 4.78 is 23.3. The lowest BCUT2D eigenvalue weighted by atomic mass is 10.2. The zero-order valence-electron chi connectivity index (χ0n) is 12.0. The number of hydrogen-bond acceptors (Lipinski definition) is 6. The number of nitro benzene ring substituents is 1. The van der Waals surface area contributed by atoms with E-state index < -0.39 is 4.92 Å². The minimum Gasteiger partial charge on any atom is -0.477 e. The third-order valence-electron chi connectivity index (χ3n) is 3.04.